The van der Waals surface area contributed by atoms with E-state index in [-0.39, 0.29) is 24.0 Å². The number of thiazole rings is 1. The average Bonchev–Trinajstić information content (AvgIpc) is 2.97. The molecule has 0 aliphatic carbocycles. The van der Waals surface area contributed by atoms with Crippen molar-refractivity contribution in [2.75, 3.05) is 34.2 Å². The van der Waals surface area contributed by atoms with Gasteiger partial charge in [0.25, 0.3) is 0 Å². The number of rotatable bonds is 7. The van der Waals surface area contributed by atoms with Crippen LogP contribution in [0.5, 0.6) is 0 Å². The number of aryl methyl sites for hydroxylation is 1. The fraction of sp³-hybridized carbons (Fsp3) is 0.444. The molecule has 5 nitrogen and oxygen atoms in total. The van der Waals surface area contributed by atoms with Crippen molar-refractivity contribution in [3.63, 3.8) is 0 Å². The molecular formula is C18H28IN5S. The number of halogens is 1. The van der Waals surface area contributed by atoms with E-state index in [9.17, 15) is 0 Å². The molecule has 0 unspecified atom stereocenters. The molecule has 0 amide bonds. The highest BCUT2D eigenvalue weighted by Crippen LogP contribution is 2.09. The highest BCUT2D eigenvalue weighted by Gasteiger charge is 2.08. The monoisotopic (exact) mass is 473 g/mol. The van der Waals surface area contributed by atoms with Crippen LogP contribution in [-0.4, -0.2) is 55.0 Å². The molecule has 1 aromatic carbocycles. The van der Waals surface area contributed by atoms with Gasteiger partial charge in [0.1, 0.15) is 0 Å². The van der Waals surface area contributed by atoms with Gasteiger partial charge in [0.15, 0.2) is 5.96 Å². The molecule has 7 heteroatoms. The maximum absolute atomic E-state index is 4.51. The van der Waals surface area contributed by atoms with Gasteiger partial charge in [-0.3, -0.25) is 4.99 Å². The summed E-state index contributed by atoms with van der Waals surface area (Å²) in [4.78, 5) is 13.3. The summed E-state index contributed by atoms with van der Waals surface area (Å²) in [5, 5.41) is 6.63. The predicted molar refractivity (Wildman–Crippen MR) is 118 cm³/mol. The Hall–Kier alpha value is -1.19. The fourth-order valence-electron chi connectivity index (χ4n) is 2.52. The molecule has 0 saturated heterocycles. The van der Waals surface area contributed by atoms with E-state index in [0.717, 1.165) is 42.8 Å². The van der Waals surface area contributed by atoms with Crippen molar-refractivity contribution < 1.29 is 0 Å². The van der Waals surface area contributed by atoms with E-state index >= 15 is 0 Å². The van der Waals surface area contributed by atoms with Crippen molar-refractivity contribution in [1.82, 2.24) is 20.1 Å². The summed E-state index contributed by atoms with van der Waals surface area (Å²) in [6, 6.07) is 10.5. The lowest BCUT2D eigenvalue weighted by molar-refractivity contribution is 0.328. The second kappa shape index (κ2) is 11.4. The number of aliphatic imine (C=N–C) groups is 1. The SMILES string of the molecule is CN=C(NCCN(C)Cc1ccccc1)N(C)Cc1csc(C)n1.I. The van der Waals surface area contributed by atoms with Crippen molar-refractivity contribution in [2.45, 2.75) is 20.0 Å². The van der Waals surface area contributed by atoms with Crippen LogP contribution in [0, 0.1) is 6.92 Å². The Morgan fingerprint density at radius 3 is 2.52 bits per heavy atom. The molecule has 2 aromatic rings. The van der Waals surface area contributed by atoms with Gasteiger partial charge in [-0.25, -0.2) is 4.98 Å². The third kappa shape index (κ3) is 7.70. The van der Waals surface area contributed by atoms with Crippen molar-refractivity contribution in [1.29, 1.82) is 0 Å². The maximum atomic E-state index is 4.51. The Kier molecular flexibility index (Phi) is 9.99. The summed E-state index contributed by atoms with van der Waals surface area (Å²) in [7, 11) is 6.00. The first kappa shape index (κ1) is 21.9. The summed E-state index contributed by atoms with van der Waals surface area (Å²) < 4.78 is 0. The highest BCUT2D eigenvalue weighted by molar-refractivity contribution is 14.0. The van der Waals surface area contributed by atoms with E-state index in [1.54, 1.807) is 11.3 Å². The molecule has 0 bridgehead atoms. The number of aromatic nitrogens is 1. The summed E-state index contributed by atoms with van der Waals surface area (Å²) in [5.41, 5.74) is 2.42. The largest absolute Gasteiger partial charge is 0.355 e. The van der Waals surface area contributed by atoms with Crippen molar-refractivity contribution >= 4 is 41.3 Å². The topological polar surface area (TPSA) is 43.8 Å². The van der Waals surface area contributed by atoms with E-state index in [4.69, 9.17) is 0 Å². The van der Waals surface area contributed by atoms with E-state index in [0.29, 0.717) is 0 Å². The molecule has 0 spiro atoms. The summed E-state index contributed by atoms with van der Waals surface area (Å²) in [6.07, 6.45) is 0. The van der Waals surface area contributed by atoms with Gasteiger partial charge >= 0.3 is 0 Å². The molecule has 0 aliphatic rings. The Morgan fingerprint density at radius 1 is 1.20 bits per heavy atom. The van der Waals surface area contributed by atoms with E-state index in [1.165, 1.54) is 5.56 Å². The van der Waals surface area contributed by atoms with Crippen molar-refractivity contribution in [3.8, 4) is 0 Å². The van der Waals surface area contributed by atoms with Crippen LogP contribution in [0.3, 0.4) is 0 Å². The highest BCUT2D eigenvalue weighted by atomic mass is 127. The number of benzene rings is 1. The van der Waals surface area contributed by atoms with Gasteiger partial charge in [-0.2, -0.15) is 0 Å². The minimum atomic E-state index is 0. The predicted octanol–water partition coefficient (Wildman–Crippen LogP) is 3.21. The van der Waals surface area contributed by atoms with Crippen LogP contribution in [0.25, 0.3) is 0 Å². The molecule has 0 aliphatic heterocycles. The average molecular weight is 473 g/mol. The van der Waals surface area contributed by atoms with E-state index < -0.39 is 0 Å². The number of hydrogen-bond donors (Lipinski definition) is 1. The maximum Gasteiger partial charge on any atom is 0.193 e. The van der Waals surface area contributed by atoms with Crippen LogP contribution in [0.2, 0.25) is 0 Å². The Balaban J connectivity index is 0.00000312. The Bertz CT molecular complexity index is 644. The molecule has 1 aromatic heterocycles. The number of likely N-dealkylation sites (N-methyl/N-ethyl adjacent to an activating group) is 1. The number of nitrogens with one attached hydrogen (secondary N) is 1. The summed E-state index contributed by atoms with van der Waals surface area (Å²) in [5.74, 6) is 0.897. The lowest BCUT2D eigenvalue weighted by Gasteiger charge is -2.23. The lowest BCUT2D eigenvalue weighted by Crippen LogP contribution is -2.41. The van der Waals surface area contributed by atoms with Crippen LogP contribution in [0.15, 0.2) is 40.7 Å². The molecule has 0 fully saturated rings. The van der Waals surface area contributed by atoms with Gasteiger partial charge in [0.05, 0.1) is 17.2 Å². The zero-order valence-corrected chi connectivity index (χ0v) is 18.5. The normalized spacial score (nSPS) is 11.3. The van der Waals surface area contributed by atoms with E-state index in [2.05, 4.69) is 67.9 Å². The van der Waals surface area contributed by atoms with Crippen LogP contribution in [0.1, 0.15) is 16.3 Å². The van der Waals surface area contributed by atoms with Crippen LogP contribution < -0.4 is 5.32 Å². The molecule has 0 atom stereocenters. The summed E-state index contributed by atoms with van der Waals surface area (Å²) in [6.45, 7) is 5.57. The quantitative estimate of drug-likeness (QED) is 0.381. The molecule has 1 heterocycles. The number of nitrogens with zero attached hydrogens (tertiary/aromatic N) is 4. The third-order valence-electron chi connectivity index (χ3n) is 3.71. The first-order valence-corrected chi connectivity index (χ1v) is 9.01. The van der Waals surface area contributed by atoms with Gasteiger partial charge in [-0.15, -0.1) is 35.3 Å². The molecule has 138 valence electrons. The summed E-state index contributed by atoms with van der Waals surface area (Å²) >= 11 is 1.68. The minimum Gasteiger partial charge on any atom is -0.355 e. The Labute approximate surface area is 172 Å². The fourth-order valence-corrected chi connectivity index (χ4v) is 3.12. The van der Waals surface area contributed by atoms with Crippen LogP contribution in [-0.2, 0) is 13.1 Å². The second-order valence-electron chi connectivity index (χ2n) is 5.91. The first-order valence-electron chi connectivity index (χ1n) is 8.13. The van der Waals surface area contributed by atoms with Crippen LogP contribution in [0.4, 0.5) is 0 Å². The standard InChI is InChI=1S/C18H27N5S.HI/c1-15-21-17(14-24-15)13-23(4)18(19-2)20-10-11-22(3)12-16-8-6-5-7-9-16;/h5-9,14H,10-13H2,1-4H3,(H,19,20);1H. The number of hydrogen-bond acceptors (Lipinski definition) is 4. The smallest absolute Gasteiger partial charge is 0.193 e. The van der Waals surface area contributed by atoms with E-state index in [1.807, 2.05) is 21.0 Å². The van der Waals surface area contributed by atoms with Gasteiger partial charge in [-0.05, 0) is 19.5 Å². The zero-order valence-electron chi connectivity index (χ0n) is 15.4. The molecule has 0 radical (unpaired) electrons. The third-order valence-corrected chi connectivity index (χ3v) is 4.53. The zero-order chi connectivity index (χ0) is 17.4. The molecule has 0 saturated carbocycles. The van der Waals surface area contributed by atoms with Crippen molar-refractivity contribution in [3.05, 3.63) is 52.0 Å². The molecule has 25 heavy (non-hydrogen) atoms. The molecule has 2 rings (SSSR count). The number of guanidine groups is 1. The van der Waals surface area contributed by atoms with Crippen LogP contribution >= 0.6 is 35.3 Å². The Morgan fingerprint density at radius 2 is 1.92 bits per heavy atom. The van der Waals surface area contributed by atoms with Crippen molar-refractivity contribution in [2.24, 2.45) is 4.99 Å². The van der Waals surface area contributed by atoms with Gasteiger partial charge in [0.2, 0.25) is 0 Å². The van der Waals surface area contributed by atoms with Gasteiger partial charge < -0.3 is 15.1 Å². The van der Waals surface area contributed by atoms with Gasteiger partial charge in [0, 0.05) is 39.1 Å². The molecule has 1 N–H and O–H groups in total. The first-order chi connectivity index (χ1) is 11.6. The van der Waals surface area contributed by atoms with Gasteiger partial charge in [-0.1, -0.05) is 30.3 Å². The minimum absolute atomic E-state index is 0. The lowest BCUT2D eigenvalue weighted by atomic mass is 10.2. The molecular weight excluding hydrogens is 445 g/mol. The second-order valence-corrected chi connectivity index (χ2v) is 6.97.